The molecule has 0 amide bonds. The minimum atomic E-state index is 0.296. The van der Waals surface area contributed by atoms with Gasteiger partial charge in [-0.25, -0.2) is 0 Å². The second-order valence-electron chi connectivity index (χ2n) is 3.98. The van der Waals surface area contributed by atoms with Gasteiger partial charge >= 0.3 is 0 Å². The molecule has 0 bridgehead atoms. The first-order valence-electron chi connectivity index (χ1n) is 5.72. The van der Waals surface area contributed by atoms with E-state index >= 15 is 0 Å². The van der Waals surface area contributed by atoms with E-state index in [1.54, 1.807) is 36.5 Å². The molecule has 0 spiro atoms. The van der Waals surface area contributed by atoms with Crippen molar-refractivity contribution >= 4 is 11.6 Å². The van der Waals surface area contributed by atoms with Crippen LogP contribution in [0, 0.1) is 11.3 Å². The molecule has 3 rings (SSSR count). The molecule has 96 valence electrons. The van der Waals surface area contributed by atoms with Crippen LogP contribution in [0.1, 0.15) is 5.56 Å². The lowest BCUT2D eigenvalue weighted by Gasteiger charge is -1.96. The zero-order valence-corrected chi connectivity index (χ0v) is 10.9. The van der Waals surface area contributed by atoms with Gasteiger partial charge < -0.3 is 4.52 Å². The Kier molecular flexibility index (Phi) is 3.15. The van der Waals surface area contributed by atoms with Gasteiger partial charge in [0.1, 0.15) is 5.69 Å². The van der Waals surface area contributed by atoms with Gasteiger partial charge in [-0.05, 0) is 30.3 Å². The summed E-state index contributed by atoms with van der Waals surface area (Å²) in [6.45, 7) is 0. The summed E-state index contributed by atoms with van der Waals surface area (Å²) in [5.74, 6) is 0.684. The SMILES string of the molecule is N#Cc1cc(Cl)cc(-c2nc(-c3ccccn3)no2)c1. The van der Waals surface area contributed by atoms with E-state index in [2.05, 4.69) is 15.1 Å². The third-order valence-corrected chi connectivity index (χ3v) is 2.81. The molecule has 0 atom stereocenters. The topological polar surface area (TPSA) is 75.6 Å². The van der Waals surface area contributed by atoms with Crippen LogP contribution in [0.3, 0.4) is 0 Å². The summed E-state index contributed by atoms with van der Waals surface area (Å²) < 4.78 is 5.19. The molecule has 0 fully saturated rings. The van der Waals surface area contributed by atoms with Crippen molar-refractivity contribution in [2.45, 2.75) is 0 Å². The van der Waals surface area contributed by atoms with Crippen molar-refractivity contribution in [3.05, 3.63) is 53.2 Å². The molecule has 0 saturated carbocycles. The van der Waals surface area contributed by atoms with E-state index in [-0.39, 0.29) is 0 Å². The summed E-state index contributed by atoms with van der Waals surface area (Å²) in [4.78, 5) is 8.40. The van der Waals surface area contributed by atoms with E-state index in [4.69, 9.17) is 21.4 Å². The Labute approximate surface area is 119 Å². The zero-order valence-electron chi connectivity index (χ0n) is 10.1. The molecule has 20 heavy (non-hydrogen) atoms. The third kappa shape index (κ3) is 2.37. The van der Waals surface area contributed by atoms with Crippen LogP contribution in [-0.4, -0.2) is 15.1 Å². The number of benzene rings is 1. The molecule has 0 aliphatic rings. The summed E-state index contributed by atoms with van der Waals surface area (Å²) in [6, 6.07) is 12.3. The number of pyridine rings is 1. The van der Waals surface area contributed by atoms with E-state index in [9.17, 15) is 0 Å². The van der Waals surface area contributed by atoms with E-state index in [0.717, 1.165) is 0 Å². The van der Waals surface area contributed by atoms with E-state index in [1.807, 2.05) is 12.1 Å². The molecule has 0 unspecified atom stereocenters. The fourth-order valence-corrected chi connectivity index (χ4v) is 1.95. The molecular weight excluding hydrogens is 276 g/mol. The van der Waals surface area contributed by atoms with Crippen molar-refractivity contribution in [3.8, 4) is 29.0 Å². The molecule has 0 N–H and O–H groups in total. The molecule has 0 aliphatic heterocycles. The summed E-state index contributed by atoms with van der Waals surface area (Å²) in [6.07, 6.45) is 1.65. The zero-order chi connectivity index (χ0) is 13.9. The summed E-state index contributed by atoms with van der Waals surface area (Å²) in [5, 5.41) is 13.2. The largest absolute Gasteiger partial charge is 0.334 e. The first kappa shape index (κ1) is 12.3. The highest BCUT2D eigenvalue weighted by molar-refractivity contribution is 6.31. The predicted molar refractivity (Wildman–Crippen MR) is 72.7 cm³/mol. The van der Waals surface area contributed by atoms with Crippen molar-refractivity contribution in [2.24, 2.45) is 0 Å². The maximum absolute atomic E-state index is 8.93. The van der Waals surface area contributed by atoms with E-state index < -0.39 is 0 Å². The number of halogens is 1. The van der Waals surface area contributed by atoms with Crippen LogP contribution < -0.4 is 0 Å². The Morgan fingerprint density at radius 2 is 2.10 bits per heavy atom. The Bertz CT molecular complexity index is 792. The molecular formula is C14H7ClN4O. The van der Waals surface area contributed by atoms with Crippen LogP contribution in [0.15, 0.2) is 47.1 Å². The van der Waals surface area contributed by atoms with Gasteiger partial charge in [0, 0.05) is 16.8 Å². The third-order valence-electron chi connectivity index (χ3n) is 2.59. The van der Waals surface area contributed by atoms with Gasteiger partial charge in [0.15, 0.2) is 0 Å². The molecule has 3 aromatic rings. The van der Waals surface area contributed by atoms with Crippen LogP contribution in [0.4, 0.5) is 0 Å². The van der Waals surface area contributed by atoms with Crippen LogP contribution >= 0.6 is 11.6 Å². The number of hydrogen-bond donors (Lipinski definition) is 0. The second-order valence-corrected chi connectivity index (χ2v) is 4.41. The van der Waals surface area contributed by atoms with Crippen LogP contribution in [0.2, 0.25) is 5.02 Å². The fraction of sp³-hybridized carbons (Fsp3) is 0. The molecule has 6 heteroatoms. The van der Waals surface area contributed by atoms with Crippen molar-refractivity contribution in [3.63, 3.8) is 0 Å². The Morgan fingerprint density at radius 3 is 2.85 bits per heavy atom. The Hall–Kier alpha value is -2.71. The highest BCUT2D eigenvalue weighted by Gasteiger charge is 2.12. The molecule has 5 nitrogen and oxygen atoms in total. The first-order valence-corrected chi connectivity index (χ1v) is 6.10. The van der Waals surface area contributed by atoms with Gasteiger partial charge in [0.05, 0.1) is 11.6 Å². The number of aromatic nitrogens is 3. The van der Waals surface area contributed by atoms with Gasteiger partial charge in [-0.3, -0.25) is 4.98 Å². The lowest BCUT2D eigenvalue weighted by Crippen LogP contribution is -1.85. The highest BCUT2D eigenvalue weighted by Crippen LogP contribution is 2.25. The van der Waals surface area contributed by atoms with Gasteiger partial charge in [-0.15, -0.1) is 0 Å². The number of hydrogen-bond acceptors (Lipinski definition) is 5. The quantitative estimate of drug-likeness (QED) is 0.720. The average Bonchev–Trinajstić information content (AvgIpc) is 2.97. The molecule has 2 aromatic heterocycles. The van der Waals surface area contributed by atoms with Crippen LogP contribution in [0.25, 0.3) is 23.0 Å². The summed E-state index contributed by atoms with van der Waals surface area (Å²) in [7, 11) is 0. The molecule has 1 aromatic carbocycles. The van der Waals surface area contributed by atoms with Gasteiger partial charge in [0.2, 0.25) is 5.82 Å². The van der Waals surface area contributed by atoms with Crippen molar-refractivity contribution < 1.29 is 4.52 Å². The average molecular weight is 283 g/mol. The lowest BCUT2D eigenvalue weighted by atomic mass is 10.1. The van der Waals surface area contributed by atoms with Crippen LogP contribution in [0.5, 0.6) is 0 Å². The van der Waals surface area contributed by atoms with Gasteiger partial charge in [-0.2, -0.15) is 10.2 Å². The minimum absolute atomic E-state index is 0.296. The standard InChI is InChI=1S/C14H7ClN4O/c15-11-6-9(8-16)5-10(7-11)14-18-13(19-20-14)12-3-1-2-4-17-12/h1-7H. The first-order chi connectivity index (χ1) is 9.76. The second kappa shape index (κ2) is 5.11. The predicted octanol–water partition coefficient (Wildman–Crippen LogP) is 3.32. The molecule has 0 radical (unpaired) electrons. The van der Waals surface area contributed by atoms with E-state index in [0.29, 0.717) is 33.6 Å². The number of nitriles is 1. The van der Waals surface area contributed by atoms with Crippen molar-refractivity contribution in [1.29, 1.82) is 5.26 Å². The Balaban J connectivity index is 2.03. The minimum Gasteiger partial charge on any atom is -0.334 e. The normalized spacial score (nSPS) is 10.2. The Morgan fingerprint density at radius 1 is 1.20 bits per heavy atom. The maximum Gasteiger partial charge on any atom is 0.258 e. The lowest BCUT2D eigenvalue weighted by molar-refractivity contribution is 0.432. The summed E-state index contributed by atoms with van der Waals surface area (Å²) in [5.41, 5.74) is 1.65. The fourth-order valence-electron chi connectivity index (χ4n) is 1.72. The summed E-state index contributed by atoms with van der Waals surface area (Å²) >= 11 is 5.95. The number of nitrogens with zero attached hydrogens (tertiary/aromatic N) is 4. The number of rotatable bonds is 2. The highest BCUT2D eigenvalue weighted by atomic mass is 35.5. The molecule has 0 saturated heterocycles. The van der Waals surface area contributed by atoms with Crippen LogP contribution in [-0.2, 0) is 0 Å². The van der Waals surface area contributed by atoms with Crippen molar-refractivity contribution in [1.82, 2.24) is 15.1 Å². The monoisotopic (exact) mass is 282 g/mol. The smallest absolute Gasteiger partial charge is 0.258 e. The maximum atomic E-state index is 8.93. The van der Waals surface area contributed by atoms with E-state index in [1.165, 1.54) is 0 Å². The molecule has 2 heterocycles. The van der Waals surface area contributed by atoms with Gasteiger partial charge in [0.25, 0.3) is 5.89 Å². The van der Waals surface area contributed by atoms with Gasteiger partial charge in [-0.1, -0.05) is 22.8 Å². The molecule has 0 aliphatic carbocycles. The van der Waals surface area contributed by atoms with Crippen molar-refractivity contribution in [2.75, 3.05) is 0 Å².